The second kappa shape index (κ2) is 11.1. The van der Waals surface area contributed by atoms with Crippen LogP contribution in [-0.4, -0.2) is 35.6 Å². The number of amides is 1. The van der Waals surface area contributed by atoms with Gasteiger partial charge in [-0.15, -0.1) is 0 Å². The van der Waals surface area contributed by atoms with E-state index >= 15 is 0 Å². The van der Waals surface area contributed by atoms with Gasteiger partial charge in [-0.3, -0.25) is 4.79 Å². The van der Waals surface area contributed by atoms with Gasteiger partial charge in [-0.25, -0.2) is 23.1 Å². The molecule has 2 N–H and O–H groups in total. The van der Waals surface area contributed by atoms with Crippen LogP contribution in [0.2, 0.25) is 0 Å². The van der Waals surface area contributed by atoms with Gasteiger partial charge in [0.2, 0.25) is 15.9 Å². The van der Waals surface area contributed by atoms with Crippen molar-refractivity contribution in [1.29, 1.82) is 0 Å². The van der Waals surface area contributed by atoms with Gasteiger partial charge >= 0.3 is 0 Å². The van der Waals surface area contributed by atoms with E-state index in [9.17, 15) is 13.2 Å². The van der Waals surface area contributed by atoms with Gasteiger partial charge in [-0.1, -0.05) is 61.4 Å². The average molecular weight is 497 g/mol. The number of rotatable bonds is 8. The largest absolute Gasteiger partial charge is 0.325 e. The van der Waals surface area contributed by atoms with E-state index in [-0.39, 0.29) is 16.8 Å². The van der Waals surface area contributed by atoms with E-state index in [1.165, 1.54) is 30.2 Å². The lowest BCUT2D eigenvalue weighted by Gasteiger charge is -2.22. The molecule has 3 aromatic rings. The zero-order valence-electron chi connectivity index (χ0n) is 19.0. The van der Waals surface area contributed by atoms with Crippen molar-refractivity contribution in [2.75, 3.05) is 5.32 Å². The molecule has 1 amide bonds. The van der Waals surface area contributed by atoms with Crippen LogP contribution in [0.3, 0.4) is 0 Å². The fourth-order valence-electron chi connectivity index (χ4n) is 3.87. The Hall–Kier alpha value is -2.75. The highest BCUT2D eigenvalue weighted by atomic mass is 32.2. The summed E-state index contributed by atoms with van der Waals surface area (Å²) in [5.41, 5.74) is 2.32. The van der Waals surface area contributed by atoms with Crippen LogP contribution in [0.4, 0.5) is 5.69 Å². The molecule has 178 valence electrons. The number of aromatic nitrogens is 2. The number of sulfonamides is 1. The van der Waals surface area contributed by atoms with Gasteiger partial charge in [0.15, 0.2) is 0 Å². The molecule has 7 nitrogen and oxygen atoms in total. The molecule has 1 aromatic heterocycles. The first kappa shape index (κ1) is 24.4. The molecule has 1 atom stereocenters. The zero-order valence-corrected chi connectivity index (χ0v) is 20.6. The molecular formula is C25H28N4O3S2. The number of anilines is 1. The molecule has 1 heterocycles. The standard InChI is InChI=1S/C25H28N4O3S2/c1-18(33-24-16-23(26-17-27-24)19-8-4-2-5-9-19)25(30)28-20-12-14-22(15-13-20)34(31,32)29-21-10-6-3-7-11-21/h2,4-5,8-9,12-18,21,29H,3,6-7,10-11H2,1H3,(H,28,30). The molecule has 0 radical (unpaired) electrons. The first-order chi connectivity index (χ1) is 16.4. The third-order valence-electron chi connectivity index (χ3n) is 5.74. The Balaban J connectivity index is 1.35. The van der Waals surface area contributed by atoms with E-state index in [0.29, 0.717) is 10.7 Å². The van der Waals surface area contributed by atoms with Crippen molar-refractivity contribution < 1.29 is 13.2 Å². The number of carbonyl (C=O) groups excluding carboxylic acids is 1. The van der Waals surface area contributed by atoms with Crippen LogP contribution < -0.4 is 10.0 Å². The molecule has 2 aromatic carbocycles. The number of hydrogen-bond donors (Lipinski definition) is 2. The Labute approximate surface area is 204 Å². The molecule has 0 aliphatic heterocycles. The minimum Gasteiger partial charge on any atom is -0.325 e. The highest BCUT2D eigenvalue weighted by molar-refractivity contribution is 8.00. The molecule has 0 bridgehead atoms. The quantitative estimate of drug-likeness (QED) is 0.341. The Morgan fingerprint density at radius 1 is 1.00 bits per heavy atom. The fourth-order valence-corrected chi connectivity index (χ4v) is 6.00. The molecule has 1 fully saturated rings. The van der Waals surface area contributed by atoms with Crippen LogP contribution in [0, 0.1) is 0 Å². The third kappa shape index (κ3) is 6.43. The number of thioether (sulfide) groups is 1. The van der Waals surface area contributed by atoms with E-state index in [2.05, 4.69) is 20.0 Å². The summed E-state index contributed by atoms with van der Waals surface area (Å²) in [7, 11) is -3.57. The van der Waals surface area contributed by atoms with Gasteiger partial charge in [0.05, 0.1) is 15.8 Å². The molecular weight excluding hydrogens is 468 g/mol. The molecule has 9 heteroatoms. The molecule has 0 saturated heterocycles. The summed E-state index contributed by atoms with van der Waals surface area (Å²) < 4.78 is 28.1. The molecule has 1 saturated carbocycles. The van der Waals surface area contributed by atoms with Crippen molar-refractivity contribution in [3.63, 3.8) is 0 Å². The Morgan fingerprint density at radius 2 is 1.71 bits per heavy atom. The van der Waals surface area contributed by atoms with Crippen LogP contribution >= 0.6 is 11.8 Å². The number of nitrogens with one attached hydrogen (secondary N) is 2. The number of carbonyl (C=O) groups is 1. The van der Waals surface area contributed by atoms with Crippen molar-refractivity contribution in [2.45, 2.75) is 60.2 Å². The fraction of sp³-hybridized carbons (Fsp3) is 0.320. The van der Waals surface area contributed by atoms with E-state index in [4.69, 9.17) is 0 Å². The van der Waals surface area contributed by atoms with Gasteiger partial charge in [0.25, 0.3) is 0 Å². The van der Waals surface area contributed by atoms with E-state index in [0.717, 1.165) is 43.4 Å². The molecule has 1 aliphatic rings. The maximum Gasteiger partial charge on any atom is 0.240 e. The van der Waals surface area contributed by atoms with Crippen LogP contribution in [0.25, 0.3) is 11.3 Å². The second-order valence-electron chi connectivity index (χ2n) is 8.34. The highest BCUT2D eigenvalue weighted by Gasteiger charge is 2.22. The average Bonchev–Trinajstić information content (AvgIpc) is 2.85. The smallest absolute Gasteiger partial charge is 0.240 e. The van der Waals surface area contributed by atoms with Crippen LogP contribution in [-0.2, 0) is 14.8 Å². The summed E-state index contributed by atoms with van der Waals surface area (Å²) in [6.45, 7) is 1.80. The molecule has 1 aliphatic carbocycles. The van der Waals surface area contributed by atoms with Gasteiger partial charge < -0.3 is 5.32 Å². The SMILES string of the molecule is CC(Sc1cc(-c2ccccc2)ncn1)C(=O)Nc1ccc(S(=O)(=O)NC2CCCCC2)cc1. The van der Waals surface area contributed by atoms with E-state index < -0.39 is 15.3 Å². The predicted octanol–water partition coefficient (Wildman–Crippen LogP) is 4.87. The maximum absolute atomic E-state index is 12.7. The summed E-state index contributed by atoms with van der Waals surface area (Å²) in [4.78, 5) is 21.5. The second-order valence-corrected chi connectivity index (χ2v) is 11.4. The van der Waals surface area contributed by atoms with Gasteiger partial charge in [-0.05, 0) is 50.1 Å². The van der Waals surface area contributed by atoms with Crippen molar-refractivity contribution in [3.8, 4) is 11.3 Å². The number of nitrogens with zero attached hydrogens (tertiary/aromatic N) is 2. The van der Waals surface area contributed by atoms with Crippen LogP contribution in [0.1, 0.15) is 39.0 Å². The third-order valence-corrected chi connectivity index (χ3v) is 8.31. The normalized spacial score (nSPS) is 15.6. The van der Waals surface area contributed by atoms with Crippen LogP contribution in [0.5, 0.6) is 0 Å². The maximum atomic E-state index is 12.7. The highest BCUT2D eigenvalue weighted by Crippen LogP contribution is 2.26. The molecule has 1 unspecified atom stereocenters. The summed E-state index contributed by atoms with van der Waals surface area (Å²) in [6.07, 6.45) is 6.52. The lowest BCUT2D eigenvalue weighted by molar-refractivity contribution is -0.115. The topological polar surface area (TPSA) is 101 Å². The van der Waals surface area contributed by atoms with Gasteiger partial charge in [0.1, 0.15) is 11.4 Å². The van der Waals surface area contributed by atoms with Crippen LogP contribution in [0.15, 0.2) is 76.9 Å². The first-order valence-corrected chi connectivity index (χ1v) is 13.7. The first-order valence-electron chi connectivity index (χ1n) is 11.4. The summed E-state index contributed by atoms with van der Waals surface area (Å²) in [6, 6.07) is 17.9. The minimum atomic E-state index is -3.57. The number of benzene rings is 2. The molecule has 34 heavy (non-hydrogen) atoms. The minimum absolute atomic E-state index is 0.000191. The Bertz CT molecular complexity index is 1210. The molecule has 0 spiro atoms. The Morgan fingerprint density at radius 3 is 2.41 bits per heavy atom. The van der Waals surface area contributed by atoms with E-state index in [1.807, 2.05) is 36.4 Å². The van der Waals surface area contributed by atoms with Gasteiger partial charge in [0, 0.05) is 17.3 Å². The van der Waals surface area contributed by atoms with Crippen molar-refractivity contribution >= 4 is 33.4 Å². The Kier molecular flexibility index (Phi) is 7.97. The molecule has 4 rings (SSSR count). The summed E-state index contributed by atoms with van der Waals surface area (Å²) >= 11 is 1.34. The van der Waals surface area contributed by atoms with Gasteiger partial charge in [-0.2, -0.15) is 0 Å². The monoisotopic (exact) mass is 496 g/mol. The van der Waals surface area contributed by atoms with Crippen molar-refractivity contribution in [3.05, 3.63) is 67.0 Å². The zero-order chi connectivity index (χ0) is 24.0. The van der Waals surface area contributed by atoms with Crippen molar-refractivity contribution in [2.24, 2.45) is 0 Å². The van der Waals surface area contributed by atoms with Crippen molar-refractivity contribution in [1.82, 2.24) is 14.7 Å². The van der Waals surface area contributed by atoms with E-state index in [1.54, 1.807) is 19.1 Å². The lowest BCUT2D eigenvalue weighted by atomic mass is 9.96. The lowest BCUT2D eigenvalue weighted by Crippen LogP contribution is -2.36. The summed E-state index contributed by atoms with van der Waals surface area (Å²) in [5, 5.41) is 3.14. The predicted molar refractivity (Wildman–Crippen MR) is 135 cm³/mol. The number of hydrogen-bond acceptors (Lipinski definition) is 6. The summed E-state index contributed by atoms with van der Waals surface area (Å²) in [5.74, 6) is -0.194.